The molecule has 3 aromatic carbocycles. The molecular weight excluding hydrogens is 391 g/mol. The summed E-state index contributed by atoms with van der Waals surface area (Å²) in [6.45, 7) is 2.13. The molecule has 30 heavy (non-hydrogen) atoms. The number of benzene rings is 3. The molecule has 4 rings (SSSR count). The zero-order chi connectivity index (χ0) is 20.9. The van der Waals surface area contributed by atoms with Crippen LogP contribution < -0.4 is 15.9 Å². The largest absolute Gasteiger partial charge is 0.511 e. The van der Waals surface area contributed by atoms with E-state index in [4.69, 9.17) is 4.74 Å². The third kappa shape index (κ3) is 4.37. The van der Waals surface area contributed by atoms with E-state index in [2.05, 4.69) is 73.7 Å². The van der Waals surface area contributed by atoms with E-state index in [1.165, 1.54) is 15.9 Å². The predicted octanol–water partition coefficient (Wildman–Crippen LogP) is 5.45. The fourth-order valence-corrected chi connectivity index (χ4v) is 6.19. The minimum Gasteiger partial charge on any atom is -0.449 e. The molecule has 0 bridgehead atoms. The molecule has 0 aliphatic heterocycles. The number of carboxylic acid groups (broad SMARTS) is 1. The highest BCUT2D eigenvalue weighted by Gasteiger charge is 2.25. The molecule has 1 atom stereocenters. The van der Waals surface area contributed by atoms with Crippen LogP contribution in [-0.4, -0.2) is 11.3 Å². The summed E-state index contributed by atoms with van der Waals surface area (Å²) >= 11 is 0. The highest BCUT2D eigenvalue weighted by atomic mass is 31.1. The molecule has 0 fully saturated rings. The van der Waals surface area contributed by atoms with Gasteiger partial charge in [0.2, 0.25) is 0 Å². The van der Waals surface area contributed by atoms with Gasteiger partial charge >= 0.3 is 6.16 Å². The van der Waals surface area contributed by atoms with Crippen molar-refractivity contribution in [3.05, 3.63) is 108 Å². The minimum atomic E-state index is -1.28. The summed E-state index contributed by atoms with van der Waals surface area (Å²) in [4.78, 5) is 11.3. The molecule has 150 valence electrons. The maximum Gasteiger partial charge on any atom is 0.511 e. The lowest BCUT2D eigenvalue weighted by molar-refractivity contribution is 0.122. The maximum absolute atomic E-state index is 11.3. The highest BCUT2D eigenvalue weighted by molar-refractivity contribution is 7.80. The van der Waals surface area contributed by atoms with Crippen LogP contribution in [0.25, 0.3) is 5.57 Å². The van der Waals surface area contributed by atoms with Gasteiger partial charge in [0.1, 0.15) is 5.76 Å². The second kappa shape index (κ2) is 9.11. The predicted molar refractivity (Wildman–Crippen MR) is 124 cm³/mol. The average Bonchev–Trinajstić information content (AvgIpc) is 2.77. The van der Waals surface area contributed by atoms with E-state index >= 15 is 0 Å². The molecule has 0 saturated carbocycles. The van der Waals surface area contributed by atoms with Gasteiger partial charge in [0, 0.05) is 5.57 Å². The fourth-order valence-electron chi connectivity index (χ4n) is 3.73. The van der Waals surface area contributed by atoms with E-state index < -0.39 is 14.1 Å². The molecule has 1 N–H and O–H groups in total. The molecule has 3 nitrogen and oxygen atoms in total. The summed E-state index contributed by atoms with van der Waals surface area (Å²) in [5, 5.41) is 12.9. The lowest BCUT2D eigenvalue weighted by Gasteiger charge is -2.25. The van der Waals surface area contributed by atoms with Crippen LogP contribution >= 0.6 is 7.92 Å². The van der Waals surface area contributed by atoms with Crippen molar-refractivity contribution in [1.29, 1.82) is 0 Å². The standard InChI is InChI=1S/C26H23O3P/c1-19-16-17-24(29-26(27)28)23(18-19)22-14-8-9-15-25(22)30(20-10-4-2-5-11-20)21-12-6-3-7-13-21/h2-15,17-19H,16H2,1H3,(H,27,28). The van der Waals surface area contributed by atoms with E-state index in [0.29, 0.717) is 11.7 Å². The van der Waals surface area contributed by atoms with Gasteiger partial charge in [-0.15, -0.1) is 0 Å². The van der Waals surface area contributed by atoms with Crippen LogP contribution in [0, 0.1) is 5.92 Å². The van der Waals surface area contributed by atoms with Crippen molar-refractivity contribution in [1.82, 2.24) is 0 Å². The molecule has 4 heteroatoms. The molecule has 0 aromatic heterocycles. The minimum absolute atomic E-state index is 0.314. The second-order valence-electron chi connectivity index (χ2n) is 7.25. The smallest absolute Gasteiger partial charge is 0.449 e. The second-order valence-corrected chi connectivity index (χ2v) is 9.44. The van der Waals surface area contributed by atoms with E-state index in [0.717, 1.165) is 17.6 Å². The first kappa shape index (κ1) is 20.1. The Morgan fingerprint density at radius 1 is 0.900 bits per heavy atom. The molecule has 1 unspecified atom stereocenters. The zero-order valence-electron chi connectivity index (χ0n) is 16.7. The van der Waals surface area contributed by atoms with E-state index in [1.54, 1.807) is 0 Å². The first-order valence-electron chi connectivity index (χ1n) is 9.96. The molecular formula is C26H23O3P. The van der Waals surface area contributed by atoms with Gasteiger partial charge < -0.3 is 9.84 Å². The Balaban J connectivity index is 1.89. The summed E-state index contributed by atoms with van der Waals surface area (Å²) in [6.07, 6.45) is 3.49. The molecule has 1 aliphatic rings. The van der Waals surface area contributed by atoms with Crippen molar-refractivity contribution >= 4 is 35.6 Å². The molecule has 0 amide bonds. The lowest BCUT2D eigenvalue weighted by atomic mass is 9.92. The number of hydrogen-bond donors (Lipinski definition) is 1. The van der Waals surface area contributed by atoms with Gasteiger partial charge in [-0.1, -0.05) is 97.9 Å². The van der Waals surface area contributed by atoms with Crippen LogP contribution in [0.4, 0.5) is 4.79 Å². The van der Waals surface area contributed by atoms with Gasteiger partial charge in [0.25, 0.3) is 0 Å². The lowest BCUT2D eigenvalue weighted by Crippen LogP contribution is -2.24. The summed E-state index contributed by atoms with van der Waals surface area (Å²) < 4.78 is 5.17. The van der Waals surface area contributed by atoms with Gasteiger partial charge in [-0.2, -0.15) is 0 Å². The van der Waals surface area contributed by atoms with Gasteiger partial charge in [-0.25, -0.2) is 4.79 Å². The van der Waals surface area contributed by atoms with Crippen LogP contribution in [0.15, 0.2) is 103 Å². The summed E-state index contributed by atoms with van der Waals surface area (Å²) in [5.74, 6) is 0.734. The summed E-state index contributed by atoms with van der Waals surface area (Å²) in [7, 11) is -0.816. The SMILES string of the molecule is CC1C=C(c2ccccc2P(c2ccccc2)c2ccccc2)C(OC(=O)O)=CC1. The van der Waals surface area contributed by atoms with E-state index in [9.17, 15) is 9.90 Å². The van der Waals surface area contributed by atoms with Crippen molar-refractivity contribution < 1.29 is 14.6 Å². The third-order valence-corrected chi connectivity index (χ3v) is 7.55. The Hall–Kier alpha value is -3.16. The number of carbonyl (C=O) groups is 1. The number of rotatable bonds is 5. The van der Waals surface area contributed by atoms with E-state index in [1.807, 2.05) is 30.3 Å². The van der Waals surface area contributed by atoms with Crippen molar-refractivity contribution in [3.8, 4) is 0 Å². The topological polar surface area (TPSA) is 46.5 Å². The van der Waals surface area contributed by atoms with Crippen LogP contribution in [0.5, 0.6) is 0 Å². The van der Waals surface area contributed by atoms with Crippen molar-refractivity contribution in [3.63, 3.8) is 0 Å². The van der Waals surface area contributed by atoms with Crippen molar-refractivity contribution in [2.24, 2.45) is 5.92 Å². The number of ether oxygens (including phenoxy) is 1. The van der Waals surface area contributed by atoms with Crippen LogP contribution in [-0.2, 0) is 4.74 Å². The molecule has 0 spiro atoms. The quantitative estimate of drug-likeness (QED) is 0.446. The van der Waals surface area contributed by atoms with E-state index in [-0.39, 0.29) is 0 Å². The molecule has 3 aromatic rings. The highest BCUT2D eigenvalue weighted by Crippen LogP contribution is 2.39. The number of allylic oxidation sites excluding steroid dienone is 3. The first-order valence-corrected chi connectivity index (χ1v) is 11.3. The van der Waals surface area contributed by atoms with Crippen LogP contribution in [0.3, 0.4) is 0 Å². The number of hydrogen-bond acceptors (Lipinski definition) is 2. The van der Waals surface area contributed by atoms with Gasteiger partial charge in [0.05, 0.1) is 0 Å². The van der Waals surface area contributed by atoms with Gasteiger partial charge in [0.15, 0.2) is 0 Å². The summed E-state index contributed by atoms with van der Waals surface area (Å²) in [5.41, 5.74) is 1.88. The monoisotopic (exact) mass is 414 g/mol. The Bertz CT molecular complexity index is 1050. The Labute approximate surface area is 178 Å². The van der Waals surface area contributed by atoms with Crippen LogP contribution in [0.1, 0.15) is 18.9 Å². The fraction of sp³-hybridized carbons (Fsp3) is 0.115. The van der Waals surface area contributed by atoms with Crippen molar-refractivity contribution in [2.75, 3.05) is 0 Å². The third-order valence-electron chi connectivity index (χ3n) is 5.05. The summed E-state index contributed by atoms with van der Waals surface area (Å²) in [6, 6.07) is 29.3. The Morgan fingerprint density at radius 2 is 1.47 bits per heavy atom. The first-order chi connectivity index (χ1) is 14.6. The van der Waals surface area contributed by atoms with Gasteiger partial charge in [-0.05, 0) is 47.8 Å². The molecule has 1 aliphatic carbocycles. The normalized spacial score (nSPS) is 16.0. The molecule has 0 saturated heterocycles. The maximum atomic E-state index is 11.3. The molecule has 0 radical (unpaired) electrons. The average molecular weight is 414 g/mol. The van der Waals surface area contributed by atoms with Crippen LogP contribution in [0.2, 0.25) is 0 Å². The Morgan fingerprint density at radius 3 is 2.07 bits per heavy atom. The zero-order valence-corrected chi connectivity index (χ0v) is 17.6. The molecule has 0 heterocycles. The Kier molecular flexibility index (Phi) is 6.11. The van der Waals surface area contributed by atoms with Gasteiger partial charge in [-0.3, -0.25) is 0 Å². The van der Waals surface area contributed by atoms with Crippen molar-refractivity contribution in [2.45, 2.75) is 13.3 Å².